The molecule has 0 aliphatic heterocycles. The highest BCUT2D eigenvalue weighted by atomic mass is 35.5. The SMILES string of the molecule is CCCn1cc(S(=O)(=O)N(CCCCl)C(C)C)nc1C. The standard InChI is InChI=1S/C13H24ClN3O2S/c1-5-8-16-10-13(15-12(16)4)20(18,19)17(11(2)3)9-6-7-14/h10-11H,5-9H2,1-4H3. The first kappa shape index (κ1) is 17.5. The van der Waals surface area contributed by atoms with E-state index >= 15 is 0 Å². The fraction of sp³-hybridized carbons (Fsp3) is 0.769. The van der Waals surface area contributed by atoms with Crippen LogP contribution < -0.4 is 0 Å². The molecule has 0 fully saturated rings. The van der Waals surface area contributed by atoms with Crippen molar-refractivity contribution in [1.82, 2.24) is 13.9 Å². The fourth-order valence-corrected chi connectivity index (χ4v) is 3.85. The summed E-state index contributed by atoms with van der Waals surface area (Å²) in [7, 11) is -3.55. The van der Waals surface area contributed by atoms with Crippen molar-refractivity contribution in [3.8, 4) is 0 Å². The second-order valence-corrected chi connectivity index (χ2v) is 7.29. The summed E-state index contributed by atoms with van der Waals surface area (Å²) >= 11 is 5.68. The Kier molecular flexibility index (Phi) is 6.48. The second kappa shape index (κ2) is 7.43. The summed E-state index contributed by atoms with van der Waals surface area (Å²) in [4.78, 5) is 4.21. The third kappa shape index (κ3) is 3.96. The Labute approximate surface area is 127 Å². The van der Waals surface area contributed by atoms with Crippen molar-refractivity contribution in [2.24, 2.45) is 0 Å². The maximum absolute atomic E-state index is 12.7. The van der Waals surface area contributed by atoms with Crippen LogP contribution >= 0.6 is 11.6 Å². The zero-order chi connectivity index (χ0) is 15.3. The molecule has 0 spiro atoms. The Morgan fingerprint density at radius 2 is 2.10 bits per heavy atom. The van der Waals surface area contributed by atoms with Gasteiger partial charge in [-0.2, -0.15) is 4.31 Å². The van der Waals surface area contributed by atoms with Crippen LogP contribution in [-0.4, -0.2) is 40.7 Å². The van der Waals surface area contributed by atoms with Crippen molar-refractivity contribution in [3.63, 3.8) is 0 Å². The molecule has 0 atom stereocenters. The number of alkyl halides is 1. The molecule has 1 aromatic rings. The lowest BCUT2D eigenvalue weighted by Gasteiger charge is -2.24. The van der Waals surface area contributed by atoms with Crippen molar-refractivity contribution in [2.75, 3.05) is 12.4 Å². The molecule has 1 rings (SSSR count). The van der Waals surface area contributed by atoms with Crippen molar-refractivity contribution in [3.05, 3.63) is 12.0 Å². The van der Waals surface area contributed by atoms with Crippen LogP contribution in [0.25, 0.3) is 0 Å². The van der Waals surface area contributed by atoms with E-state index in [0.29, 0.717) is 18.8 Å². The van der Waals surface area contributed by atoms with Gasteiger partial charge < -0.3 is 4.57 Å². The van der Waals surface area contributed by atoms with Crippen LogP contribution in [0.5, 0.6) is 0 Å². The van der Waals surface area contributed by atoms with Gasteiger partial charge >= 0.3 is 0 Å². The zero-order valence-electron chi connectivity index (χ0n) is 12.6. The quantitative estimate of drug-likeness (QED) is 0.692. The number of aryl methyl sites for hydroxylation is 2. The number of hydrogen-bond donors (Lipinski definition) is 0. The number of halogens is 1. The predicted molar refractivity (Wildman–Crippen MR) is 81.6 cm³/mol. The van der Waals surface area contributed by atoms with E-state index < -0.39 is 10.0 Å². The predicted octanol–water partition coefficient (Wildman–Crippen LogP) is 2.63. The number of nitrogens with zero attached hydrogens (tertiary/aromatic N) is 3. The molecule has 0 unspecified atom stereocenters. The molecule has 1 aromatic heterocycles. The normalized spacial score (nSPS) is 12.6. The smallest absolute Gasteiger partial charge is 0.262 e. The average Bonchev–Trinajstić information content (AvgIpc) is 2.72. The van der Waals surface area contributed by atoms with Gasteiger partial charge in [0.25, 0.3) is 10.0 Å². The van der Waals surface area contributed by atoms with Gasteiger partial charge in [0.1, 0.15) is 5.82 Å². The lowest BCUT2D eigenvalue weighted by atomic mass is 10.4. The van der Waals surface area contributed by atoms with E-state index in [1.54, 1.807) is 6.20 Å². The van der Waals surface area contributed by atoms with Crippen molar-refractivity contribution < 1.29 is 8.42 Å². The molecule has 0 saturated heterocycles. The van der Waals surface area contributed by atoms with E-state index in [9.17, 15) is 8.42 Å². The van der Waals surface area contributed by atoms with E-state index in [1.807, 2.05) is 25.3 Å². The highest BCUT2D eigenvalue weighted by Gasteiger charge is 2.29. The summed E-state index contributed by atoms with van der Waals surface area (Å²) in [5.41, 5.74) is 0. The lowest BCUT2D eigenvalue weighted by molar-refractivity contribution is 0.353. The van der Waals surface area contributed by atoms with E-state index in [2.05, 4.69) is 11.9 Å². The molecule has 7 heteroatoms. The maximum Gasteiger partial charge on any atom is 0.262 e. The molecule has 116 valence electrons. The van der Waals surface area contributed by atoms with Crippen LogP contribution in [-0.2, 0) is 16.6 Å². The Morgan fingerprint density at radius 3 is 2.60 bits per heavy atom. The number of imidazole rings is 1. The van der Waals surface area contributed by atoms with Crippen molar-refractivity contribution in [2.45, 2.75) is 58.1 Å². The third-order valence-electron chi connectivity index (χ3n) is 3.08. The molecule has 1 heterocycles. The molecular weight excluding hydrogens is 298 g/mol. The topological polar surface area (TPSA) is 55.2 Å². The highest BCUT2D eigenvalue weighted by Crippen LogP contribution is 2.18. The summed E-state index contributed by atoms with van der Waals surface area (Å²) in [5.74, 6) is 1.17. The van der Waals surface area contributed by atoms with Crippen LogP contribution in [0.15, 0.2) is 11.2 Å². The van der Waals surface area contributed by atoms with E-state index in [0.717, 1.165) is 18.8 Å². The van der Waals surface area contributed by atoms with Crippen LogP contribution in [0.3, 0.4) is 0 Å². The van der Waals surface area contributed by atoms with Gasteiger partial charge in [0.15, 0.2) is 5.03 Å². The minimum Gasteiger partial charge on any atom is -0.334 e. The van der Waals surface area contributed by atoms with Gasteiger partial charge in [-0.25, -0.2) is 13.4 Å². The van der Waals surface area contributed by atoms with Gasteiger partial charge in [0, 0.05) is 31.2 Å². The first-order chi connectivity index (χ1) is 9.34. The Balaban J connectivity index is 3.09. The molecular formula is C13H24ClN3O2S. The molecule has 0 aliphatic carbocycles. The van der Waals surface area contributed by atoms with Crippen molar-refractivity contribution >= 4 is 21.6 Å². The molecule has 0 aliphatic rings. The summed E-state index contributed by atoms with van der Waals surface area (Å²) in [6.45, 7) is 8.80. The summed E-state index contributed by atoms with van der Waals surface area (Å²) in [6.07, 6.45) is 3.20. The van der Waals surface area contributed by atoms with Gasteiger partial charge in [-0.05, 0) is 33.6 Å². The Morgan fingerprint density at radius 1 is 1.45 bits per heavy atom. The zero-order valence-corrected chi connectivity index (χ0v) is 14.2. The van der Waals surface area contributed by atoms with Crippen molar-refractivity contribution in [1.29, 1.82) is 0 Å². The second-order valence-electron chi connectivity index (χ2n) is 5.07. The minimum atomic E-state index is -3.55. The molecule has 0 saturated carbocycles. The number of sulfonamides is 1. The highest BCUT2D eigenvalue weighted by molar-refractivity contribution is 7.89. The van der Waals surface area contributed by atoms with Crippen LogP contribution in [0.1, 0.15) is 39.4 Å². The van der Waals surface area contributed by atoms with Gasteiger partial charge in [-0.1, -0.05) is 6.92 Å². The van der Waals surface area contributed by atoms with Crippen LogP contribution in [0.4, 0.5) is 0 Å². The van der Waals surface area contributed by atoms with Crippen LogP contribution in [0.2, 0.25) is 0 Å². The minimum absolute atomic E-state index is 0.111. The fourth-order valence-electron chi connectivity index (χ4n) is 2.06. The summed E-state index contributed by atoms with van der Waals surface area (Å²) < 4.78 is 28.7. The van der Waals surface area contributed by atoms with Gasteiger partial charge in [-0.15, -0.1) is 11.6 Å². The van der Waals surface area contributed by atoms with Gasteiger partial charge in [0.05, 0.1) is 0 Å². The summed E-state index contributed by atoms with van der Waals surface area (Å²) in [6, 6.07) is -0.111. The first-order valence-corrected chi connectivity index (χ1v) is 8.93. The number of hydrogen-bond acceptors (Lipinski definition) is 3. The molecule has 0 bridgehead atoms. The van der Waals surface area contributed by atoms with Gasteiger partial charge in [0.2, 0.25) is 0 Å². The molecule has 0 N–H and O–H groups in total. The molecule has 0 amide bonds. The Bertz CT molecular complexity index is 526. The number of rotatable bonds is 8. The molecule has 5 nitrogen and oxygen atoms in total. The maximum atomic E-state index is 12.7. The van der Waals surface area contributed by atoms with E-state index in [1.165, 1.54) is 4.31 Å². The average molecular weight is 322 g/mol. The number of aromatic nitrogens is 2. The monoisotopic (exact) mass is 321 g/mol. The molecule has 0 radical (unpaired) electrons. The molecule has 0 aromatic carbocycles. The summed E-state index contributed by atoms with van der Waals surface area (Å²) in [5, 5.41) is 0.131. The Hall–Kier alpha value is -0.590. The van der Waals surface area contributed by atoms with E-state index in [-0.39, 0.29) is 11.1 Å². The molecule has 20 heavy (non-hydrogen) atoms. The third-order valence-corrected chi connectivity index (χ3v) is 5.29. The first-order valence-electron chi connectivity index (χ1n) is 6.96. The van der Waals surface area contributed by atoms with E-state index in [4.69, 9.17) is 11.6 Å². The van der Waals surface area contributed by atoms with Gasteiger partial charge in [-0.3, -0.25) is 0 Å². The largest absolute Gasteiger partial charge is 0.334 e. The van der Waals surface area contributed by atoms with Crippen LogP contribution in [0, 0.1) is 6.92 Å². The lowest BCUT2D eigenvalue weighted by Crippen LogP contribution is -2.38.